The van der Waals surface area contributed by atoms with Crippen LogP contribution in [0.3, 0.4) is 0 Å². The zero-order valence-electron chi connectivity index (χ0n) is 49.3. The molecule has 0 bridgehead atoms. The topological polar surface area (TPSA) is 95.9 Å². The lowest BCUT2D eigenvalue weighted by Gasteiger charge is -2.20. The highest BCUT2D eigenvalue weighted by Gasteiger charge is 2.18. The number of allylic oxidation sites excluding steroid dienone is 9. The average molecular weight is 1040 g/mol. The molecule has 6 nitrogen and oxygen atoms in total. The van der Waals surface area contributed by atoms with E-state index in [1.165, 1.54) is 225 Å². The van der Waals surface area contributed by atoms with Gasteiger partial charge < -0.3 is 20.3 Å². The Hall–Kier alpha value is -2.44. The molecule has 2 atom stereocenters. The minimum Gasteiger partial charge on any atom is -0.466 e. The van der Waals surface area contributed by atoms with Gasteiger partial charge in [0, 0.05) is 12.8 Å². The molecule has 0 aliphatic carbocycles. The predicted octanol–water partition coefficient (Wildman–Crippen LogP) is 20.7. The second kappa shape index (κ2) is 63.1. The Balaban J connectivity index is 3.53. The van der Waals surface area contributed by atoms with Crippen LogP contribution in [0.2, 0.25) is 0 Å². The van der Waals surface area contributed by atoms with Crippen LogP contribution in [0.4, 0.5) is 0 Å². The van der Waals surface area contributed by atoms with E-state index >= 15 is 0 Å². The molecule has 0 rings (SSSR count). The van der Waals surface area contributed by atoms with E-state index in [-0.39, 0.29) is 18.5 Å². The highest BCUT2D eigenvalue weighted by atomic mass is 16.5. The Labute approximate surface area is 460 Å². The van der Waals surface area contributed by atoms with Crippen molar-refractivity contribution in [3.05, 3.63) is 60.8 Å². The molecule has 0 aromatic rings. The van der Waals surface area contributed by atoms with Crippen LogP contribution < -0.4 is 5.32 Å². The second-order valence-corrected chi connectivity index (χ2v) is 22.1. The molecular formula is C68H125NO5. The maximum Gasteiger partial charge on any atom is 0.305 e. The molecule has 3 N–H and O–H groups in total. The summed E-state index contributed by atoms with van der Waals surface area (Å²) in [5.41, 5.74) is 0. The number of rotatable bonds is 60. The average Bonchev–Trinajstić information content (AvgIpc) is 3.40. The number of hydrogen-bond donors (Lipinski definition) is 3. The Bertz CT molecular complexity index is 1290. The van der Waals surface area contributed by atoms with Crippen LogP contribution in [0.15, 0.2) is 60.8 Å². The number of ether oxygens (including phenoxy) is 1. The molecule has 0 heterocycles. The fourth-order valence-electron chi connectivity index (χ4n) is 9.77. The van der Waals surface area contributed by atoms with E-state index in [1.54, 1.807) is 6.08 Å². The number of carbonyl (C=O) groups excluding carboxylic acids is 2. The van der Waals surface area contributed by atoms with Crippen LogP contribution in [-0.2, 0) is 14.3 Å². The molecular weight excluding hydrogens is 911 g/mol. The van der Waals surface area contributed by atoms with E-state index in [4.69, 9.17) is 4.74 Å². The lowest BCUT2D eigenvalue weighted by molar-refractivity contribution is -0.143. The number of hydrogen-bond acceptors (Lipinski definition) is 5. The van der Waals surface area contributed by atoms with Gasteiger partial charge in [0.25, 0.3) is 0 Å². The molecule has 432 valence electrons. The van der Waals surface area contributed by atoms with Gasteiger partial charge in [-0.2, -0.15) is 0 Å². The Kier molecular flexibility index (Phi) is 61.0. The maximum absolute atomic E-state index is 12.5. The Morgan fingerprint density at radius 2 is 0.716 bits per heavy atom. The first-order chi connectivity index (χ1) is 36.5. The van der Waals surface area contributed by atoms with Crippen molar-refractivity contribution >= 4 is 11.9 Å². The van der Waals surface area contributed by atoms with E-state index in [2.05, 4.69) is 67.8 Å². The predicted molar refractivity (Wildman–Crippen MR) is 324 cm³/mol. The summed E-state index contributed by atoms with van der Waals surface area (Å²) in [4.78, 5) is 24.6. The van der Waals surface area contributed by atoms with Gasteiger partial charge in [0.15, 0.2) is 0 Å². The molecule has 6 heteroatoms. The lowest BCUT2D eigenvalue weighted by atomic mass is 10.0. The second-order valence-electron chi connectivity index (χ2n) is 22.1. The third kappa shape index (κ3) is 58.8. The van der Waals surface area contributed by atoms with Crippen LogP contribution >= 0.6 is 0 Å². The molecule has 74 heavy (non-hydrogen) atoms. The number of carbonyl (C=O) groups is 2. The van der Waals surface area contributed by atoms with Gasteiger partial charge in [-0.05, 0) is 96.3 Å². The van der Waals surface area contributed by atoms with Crippen molar-refractivity contribution in [2.45, 2.75) is 347 Å². The van der Waals surface area contributed by atoms with Gasteiger partial charge in [-0.15, -0.1) is 0 Å². The Morgan fingerprint density at radius 1 is 0.392 bits per heavy atom. The first kappa shape index (κ1) is 71.6. The molecule has 0 fully saturated rings. The summed E-state index contributed by atoms with van der Waals surface area (Å²) in [6.45, 7) is 4.84. The molecule has 0 aliphatic heterocycles. The van der Waals surface area contributed by atoms with E-state index in [0.29, 0.717) is 19.4 Å². The number of aliphatic hydroxyl groups is 2. The van der Waals surface area contributed by atoms with Crippen LogP contribution in [-0.4, -0.2) is 47.4 Å². The maximum atomic E-state index is 12.5. The molecule has 2 unspecified atom stereocenters. The number of amides is 1. The third-order valence-electron chi connectivity index (χ3n) is 14.8. The van der Waals surface area contributed by atoms with Gasteiger partial charge in [-0.25, -0.2) is 0 Å². The molecule has 0 saturated heterocycles. The van der Waals surface area contributed by atoms with Crippen molar-refractivity contribution < 1.29 is 24.5 Å². The van der Waals surface area contributed by atoms with Crippen molar-refractivity contribution in [1.82, 2.24) is 5.32 Å². The van der Waals surface area contributed by atoms with Crippen molar-refractivity contribution in [1.29, 1.82) is 0 Å². The number of aliphatic hydroxyl groups excluding tert-OH is 2. The molecule has 1 amide bonds. The van der Waals surface area contributed by atoms with E-state index in [0.717, 1.165) is 83.5 Å². The van der Waals surface area contributed by atoms with Crippen LogP contribution in [0, 0.1) is 0 Å². The largest absolute Gasteiger partial charge is 0.466 e. The zero-order valence-corrected chi connectivity index (χ0v) is 49.3. The zero-order chi connectivity index (χ0) is 53.6. The van der Waals surface area contributed by atoms with Crippen LogP contribution in [0.5, 0.6) is 0 Å². The van der Waals surface area contributed by atoms with Gasteiger partial charge in [0.1, 0.15) is 0 Å². The van der Waals surface area contributed by atoms with Gasteiger partial charge in [0.2, 0.25) is 5.91 Å². The van der Waals surface area contributed by atoms with Gasteiger partial charge in [-0.3, -0.25) is 9.59 Å². The molecule has 0 aromatic heterocycles. The number of unbranched alkanes of at least 4 members (excludes halogenated alkanes) is 42. The van der Waals surface area contributed by atoms with E-state index in [9.17, 15) is 19.8 Å². The SMILES string of the molecule is CCCCC/C=C\C/C=C\CCCCCCCCCCCC(=O)OCCCCC/C=C\C=C/CCCCCCCCC(=O)NC(CO)C(O)/C=C/CCCCCCCCCCCCCCCCCCCCCCC. The summed E-state index contributed by atoms with van der Waals surface area (Å²) in [5.74, 6) is -0.115. The van der Waals surface area contributed by atoms with Gasteiger partial charge in [-0.1, -0.05) is 286 Å². The normalized spacial score (nSPS) is 13.0. The monoisotopic (exact) mass is 1040 g/mol. The summed E-state index contributed by atoms with van der Waals surface area (Å²) in [6, 6.07) is -0.648. The molecule has 0 aliphatic rings. The van der Waals surface area contributed by atoms with Gasteiger partial charge >= 0.3 is 5.97 Å². The fraction of sp³-hybridized carbons (Fsp3) is 0.824. The quantitative estimate of drug-likeness (QED) is 0.0244. The van der Waals surface area contributed by atoms with Crippen LogP contribution in [0.25, 0.3) is 0 Å². The van der Waals surface area contributed by atoms with Crippen molar-refractivity contribution in [2.24, 2.45) is 0 Å². The molecule has 0 spiro atoms. The Morgan fingerprint density at radius 3 is 1.14 bits per heavy atom. The van der Waals surface area contributed by atoms with Crippen molar-refractivity contribution in [3.63, 3.8) is 0 Å². The summed E-state index contributed by atoms with van der Waals surface area (Å²) in [6.07, 6.45) is 82.7. The third-order valence-corrected chi connectivity index (χ3v) is 14.8. The summed E-state index contributed by atoms with van der Waals surface area (Å²) >= 11 is 0. The molecule has 0 aromatic carbocycles. The van der Waals surface area contributed by atoms with Crippen molar-refractivity contribution in [2.75, 3.05) is 13.2 Å². The van der Waals surface area contributed by atoms with E-state index < -0.39 is 12.1 Å². The summed E-state index contributed by atoms with van der Waals surface area (Å²) in [7, 11) is 0. The van der Waals surface area contributed by atoms with Crippen LogP contribution in [0.1, 0.15) is 335 Å². The first-order valence-electron chi connectivity index (χ1n) is 32.6. The number of nitrogens with one attached hydrogen (secondary N) is 1. The molecule has 0 saturated carbocycles. The highest BCUT2D eigenvalue weighted by molar-refractivity contribution is 5.76. The molecule has 0 radical (unpaired) electrons. The smallest absolute Gasteiger partial charge is 0.305 e. The summed E-state index contributed by atoms with van der Waals surface area (Å²) in [5, 5.41) is 23.2. The fourth-order valence-corrected chi connectivity index (χ4v) is 9.77. The lowest BCUT2D eigenvalue weighted by Crippen LogP contribution is -2.45. The standard InChI is InChI=1S/C68H125NO5/c1-3-5-7-9-11-13-15-17-19-21-23-24-25-26-28-29-32-36-40-44-48-52-56-60-66(71)65(64-70)69-67(72)61-57-53-49-45-41-37-33-31-35-39-43-47-51-55-59-63-74-68(73)62-58-54-50-46-42-38-34-30-27-22-20-18-16-14-12-10-8-6-4-2/h12,14,18,20,31,35,39,43,56,60,65-66,70-71H,3-11,13,15-17,19,21-30,32-34,36-38,40-42,44-55,57-59,61-64H2,1-2H3,(H,69,72)/b14-12-,20-18-,35-31-,43-39-,60-56+. The van der Waals surface area contributed by atoms with E-state index in [1.807, 2.05) is 6.08 Å². The first-order valence-corrected chi connectivity index (χ1v) is 32.6. The van der Waals surface area contributed by atoms with Gasteiger partial charge in [0.05, 0.1) is 25.4 Å². The van der Waals surface area contributed by atoms with Crippen molar-refractivity contribution in [3.8, 4) is 0 Å². The minimum absolute atomic E-state index is 0.0266. The highest BCUT2D eigenvalue weighted by Crippen LogP contribution is 2.17. The number of esters is 1. The summed E-state index contributed by atoms with van der Waals surface area (Å²) < 4.78 is 5.47. The minimum atomic E-state index is -0.862.